The molecule has 0 saturated carbocycles. The first-order valence-corrected chi connectivity index (χ1v) is 10.7. The molecule has 1 saturated heterocycles. The Hall–Kier alpha value is -2.54. The van der Waals surface area contributed by atoms with Crippen molar-refractivity contribution < 1.29 is 14.7 Å². The molecule has 2 amide bonds. The van der Waals surface area contributed by atoms with Gasteiger partial charge in [-0.05, 0) is 32.3 Å². The maximum absolute atomic E-state index is 13.3. The third-order valence-electron chi connectivity index (χ3n) is 5.06. The van der Waals surface area contributed by atoms with Crippen molar-refractivity contribution >= 4 is 35.0 Å². The molecule has 1 aliphatic rings. The summed E-state index contributed by atoms with van der Waals surface area (Å²) in [5.41, 5.74) is 1.39. The summed E-state index contributed by atoms with van der Waals surface area (Å²) in [6.45, 7) is 2.34. The van der Waals surface area contributed by atoms with E-state index in [1.54, 1.807) is 34.1 Å². The monoisotopic (exact) mass is 461 g/mol. The number of likely N-dealkylation sites (N-methyl/N-ethyl adjacent to an activating group) is 1. The van der Waals surface area contributed by atoms with Gasteiger partial charge in [-0.2, -0.15) is 0 Å². The zero-order valence-corrected chi connectivity index (χ0v) is 19.0. The highest BCUT2D eigenvalue weighted by Crippen LogP contribution is 2.38. The molecule has 0 aliphatic carbocycles. The third-order valence-corrected chi connectivity index (χ3v) is 5.69. The number of hydrogen-bond acceptors (Lipinski definition) is 4. The van der Waals surface area contributed by atoms with Crippen LogP contribution in [0.2, 0.25) is 10.0 Å². The van der Waals surface area contributed by atoms with E-state index in [0.717, 1.165) is 0 Å². The number of piperazine rings is 1. The van der Waals surface area contributed by atoms with Gasteiger partial charge in [-0.25, -0.2) is 0 Å². The summed E-state index contributed by atoms with van der Waals surface area (Å²) in [5, 5.41) is 10.8. The number of hydrogen-bond donors (Lipinski definition) is 1. The second kappa shape index (κ2) is 10.2. The lowest BCUT2D eigenvalue weighted by Crippen LogP contribution is -2.50. The summed E-state index contributed by atoms with van der Waals surface area (Å²) in [6, 6.07) is 9.93. The van der Waals surface area contributed by atoms with E-state index in [0.29, 0.717) is 48.9 Å². The molecule has 3 rings (SSSR count). The highest BCUT2D eigenvalue weighted by molar-refractivity contribution is 6.37. The molecule has 164 valence electrons. The maximum Gasteiger partial charge on any atom is 0.254 e. The molecule has 1 aliphatic heterocycles. The normalized spacial score (nSPS) is 14.5. The number of halogens is 2. The van der Waals surface area contributed by atoms with E-state index in [9.17, 15) is 14.7 Å². The van der Waals surface area contributed by atoms with Gasteiger partial charge < -0.3 is 19.8 Å². The minimum Gasteiger partial charge on any atom is -0.508 e. The van der Waals surface area contributed by atoms with Crippen LogP contribution < -0.4 is 0 Å². The molecule has 1 N–H and O–H groups in total. The number of benzene rings is 2. The molecule has 1 fully saturated rings. The van der Waals surface area contributed by atoms with E-state index in [1.165, 1.54) is 12.1 Å². The molecule has 6 nitrogen and oxygen atoms in total. The zero-order chi connectivity index (χ0) is 22.5. The Morgan fingerprint density at radius 2 is 1.68 bits per heavy atom. The number of carbonyl (C=O) groups excluding carboxylic acids is 2. The Labute approximate surface area is 192 Å². The van der Waals surface area contributed by atoms with Gasteiger partial charge in [-0.3, -0.25) is 9.59 Å². The van der Waals surface area contributed by atoms with Crippen LogP contribution >= 0.6 is 23.2 Å². The summed E-state index contributed by atoms with van der Waals surface area (Å²) >= 11 is 12.8. The van der Waals surface area contributed by atoms with Crippen LogP contribution in [0.3, 0.4) is 0 Å². The predicted molar refractivity (Wildman–Crippen MR) is 124 cm³/mol. The quantitative estimate of drug-likeness (QED) is 0.688. The van der Waals surface area contributed by atoms with Gasteiger partial charge in [0.1, 0.15) is 5.75 Å². The average molecular weight is 462 g/mol. The molecule has 0 radical (unpaired) electrons. The van der Waals surface area contributed by atoms with Gasteiger partial charge in [-0.15, -0.1) is 0 Å². The molecule has 0 spiro atoms. The average Bonchev–Trinajstić information content (AvgIpc) is 2.73. The Morgan fingerprint density at radius 1 is 1.03 bits per heavy atom. The van der Waals surface area contributed by atoms with E-state index >= 15 is 0 Å². The Balaban J connectivity index is 1.78. The Morgan fingerprint density at radius 3 is 2.32 bits per heavy atom. The lowest BCUT2D eigenvalue weighted by molar-refractivity contribution is -0.127. The first-order valence-electron chi connectivity index (χ1n) is 9.94. The molecule has 0 atom stereocenters. The maximum atomic E-state index is 13.3. The lowest BCUT2D eigenvalue weighted by atomic mass is 9.98. The summed E-state index contributed by atoms with van der Waals surface area (Å²) in [5.74, 6) is -0.418. The standard InChI is InChI=1S/C23H25Cl2N3O3/c1-26(2)9-5-8-21(30)27-10-12-28(13-11-27)23(31)18-14-16(29)15-20(25)22(18)17-6-3-4-7-19(17)24/h3-8,14-15,29H,9-13H2,1-2H3. The molecule has 2 aromatic rings. The summed E-state index contributed by atoms with van der Waals surface area (Å²) < 4.78 is 0. The molecule has 0 bridgehead atoms. The second-order valence-corrected chi connectivity index (χ2v) is 8.43. The van der Waals surface area contributed by atoms with Crippen LogP contribution in [0.15, 0.2) is 48.6 Å². The van der Waals surface area contributed by atoms with Gasteiger partial charge in [0.25, 0.3) is 5.91 Å². The summed E-state index contributed by atoms with van der Waals surface area (Å²) in [4.78, 5) is 31.0. The van der Waals surface area contributed by atoms with E-state index in [4.69, 9.17) is 23.2 Å². The molecular weight excluding hydrogens is 437 g/mol. The van der Waals surface area contributed by atoms with Crippen molar-refractivity contribution in [1.29, 1.82) is 0 Å². The van der Waals surface area contributed by atoms with Gasteiger partial charge in [0.2, 0.25) is 5.91 Å². The van der Waals surface area contributed by atoms with Crippen molar-refractivity contribution in [2.45, 2.75) is 0 Å². The highest BCUT2D eigenvalue weighted by Gasteiger charge is 2.27. The van der Waals surface area contributed by atoms with Crippen molar-refractivity contribution in [3.63, 3.8) is 0 Å². The van der Waals surface area contributed by atoms with E-state index in [-0.39, 0.29) is 28.1 Å². The molecule has 2 aromatic carbocycles. The van der Waals surface area contributed by atoms with Crippen LogP contribution in [0.1, 0.15) is 10.4 Å². The van der Waals surface area contributed by atoms with Gasteiger partial charge in [0.15, 0.2) is 0 Å². The number of phenolic OH excluding ortho intramolecular Hbond substituents is 1. The highest BCUT2D eigenvalue weighted by atomic mass is 35.5. The van der Waals surface area contributed by atoms with Gasteiger partial charge >= 0.3 is 0 Å². The van der Waals surface area contributed by atoms with Crippen LogP contribution in [-0.2, 0) is 4.79 Å². The van der Waals surface area contributed by atoms with Crippen LogP contribution in [-0.4, -0.2) is 78.4 Å². The summed E-state index contributed by atoms with van der Waals surface area (Å²) in [6.07, 6.45) is 3.40. The second-order valence-electron chi connectivity index (χ2n) is 7.61. The van der Waals surface area contributed by atoms with Crippen molar-refractivity contribution in [1.82, 2.24) is 14.7 Å². The van der Waals surface area contributed by atoms with Gasteiger partial charge in [0.05, 0.1) is 10.6 Å². The number of rotatable bonds is 5. The number of aromatic hydroxyl groups is 1. The molecule has 31 heavy (non-hydrogen) atoms. The van der Waals surface area contributed by atoms with E-state index in [2.05, 4.69) is 0 Å². The number of amides is 2. The largest absolute Gasteiger partial charge is 0.508 e. The zero-order valence-electron chi connectivity index (χ0n) is 17.5. The molecule has 0 unspecified atom stereocenters. The predicted octanol–water partition coefficient (Wildman–Crippen LogP) is 3.77. The van der Waals surface area contributed by atoms with Gasteiger partial charge in [0, 0.05) is 54.9 Å². The Bertz CT molecular complexity index is 1000. The lowest BCUT2D eigenvalue weighted by Gasteiger charge is -2.34. The third kappa shape index (κ3) is 5.58. The first kappa shape index (κ1) is 23.1. The summed E-state index contributed by atoms with van der Waals surface area (Å²) in [7, 11) is 3.87. The SMILES string of the molecule is CN(C)CC=CC(=O)N1CCN(C(=O)c2cc(O)cc(Cl)c2-c2ccccc2Cl)CC1. The van der Waals surface area contributed by atoms with Crippen molar-refractivity contribution in [2.75, 3.05) is 46.8 Å². The van der Waals surface area contributed by atoms with Gasteiger partial charge in [-0.1, -0.05) is 47.5 Å². The molecule has 0 aromatic heterocycles. The van der Waals surface area contributed by atoms with E-state index < -0.39 is 0 Å². The number of phenols is 1. The van der Waals surface area contributed by atoms with Crippen molar-refractivity contribution in [3.05, 3.63) is 64.2 Å². The number of carbonyl (C=O) groups is 2. The minimum atomic E-state index is -0.261. The smallest absolute Gasteiger partial charge is 0.254 e. The first-order chi connectivity index (χ1) is 14.8. The van der Waals surface area contributed by atoms with Crippen molar-refractivity contribution in [2.24, 2.45) is 0 Å². The van der Waals surface area contributed by atoms with Crippen LogP contribution in [0.5, 0.6) is 5.75 Å². The fourth-order valence-electron chi connectivity index (χ4n) is 3.47. The topological polar surface area (TPSA) is 64.1 Å². The van der Waals surface area contributed by atoms with Crippen molar-refractivity contribution in [3.8, 4) is 16.9 Å². The van der Waals surface area contributed by atoms with Crippen LogP contribution in [0.4, 0.5) is 0 Å². The van der Waals surface area contributed by atoms with E-state index in [1.807, 2.05) is 31.1 Å². The fraction of sp³-hybridized carbons (Fsp3) is 0.304. The molecule has 1 heterocycles. The van der Waals surface area contributed by atoms with Crippen LogP contribution in [0, 0.1) is 0 Å². The Kier molecular flexibility index (Phi) is 7.59. The molecular formula is C23H25Cl2N3O3. The minimum absolute atomic E-state index is 0.0638. The van der Waals surface area contributed by atoms with Crippen LogP contribution in [0.25, 0.3) is 11.1 Å². The fourth-order valence-corrected chi connectivity index (χ4v) is 4.01. The number of nitrogens with zero attached hydrogens (tertiary/aromatic N) is 3. The molecule has 8 heteroatoms.